The number of rotatable bonds is 3. The van der Waals surface area contributed by atoms with Crippen molar-refractivity contribution >= 4 is 22.9 Å². The van der Waals surface area contributed by atoms with Crippen LogP contribution in [0.25, 0.3) is 11.0 Å². The summed E-state index contributed by atoms with van der Waals surface area (Å²) in [5, 5.41) is 0. The third-order valence-corrected chi connectivity index (χ3v) is 4.32. The van der Waals surface area contributed by atoms with E-state index in [2.05, 4.69) is 14.9 Å². The van der Waals surface area contributed by atoms with Gasteiger partial charge < -0.3 is 14.5 Å². The number of aromatic nitrogens is 2. The Labute approximate surface area is 148 Å². The number of carbonyl (C=O) groups is 1. The van der Waals surface area contributed by atoms with Crippen molar-refractivity contribution in [3.63, 3.8) is 0 Å². The van der Waals surface area contributed by atoms with Crippen LogP contribution in [-0.4, -0.2) is 52.7 Å². The van der Waals surface area contributed by atoms with Crippen LogP contribution < -0.4 is 4.90 Å². The molecule has 2 heterocycles. The lowest BCUT2D eigenvalue weighted by atomic mass is 10.2. The minimum atomic E-state index is -0.472. The minimum Gasteiger partial charge on any atom is -0.444 e. The summed E-state index contributed by atoms with van der Waals surface area (Å²) in [7, 11) is 1.99. The molecule has 1 fully saturated rings. The van der Waals surface area contributed by atoms with Gasteiger partial charge in [-0.25, -0.2) is 9.78 Å². The van der Waals surface area contributed by atoms with E-state index in [4.69, 9.17) is 4.74 Å². The number of anilines is 1. The molecule has 3 rings (SSSR count). The molecule has 1 saturated heterocycles. The van der Waals surface area contributed by atoms with Gasteiger partial charge in [0, 0.05) is 20.1 Å². The maximum atomic E-state index is 12.4. The monoisotopic (exact) mass is 342 g/mol. The van der Waals surface area contributed by atoms with Gasteiger partial charge in [-0.1, -0.05) is 12.1 Å². The fourth-order valence-electron chi connectivity index (χ4n) is 3.13. The normalized spacial score (nSPS) is 17.8. The summed E-state index contributed by atoms with van der Waals surface area (Å²) < 4.78 is 5.54. The van der Waals surface area contributed by atoms with Crippen LogP contribution in [-0.2, 0) is 4.74 Å². The van der Waals surface area contributed by atoms with E-state index in [-0.39, 0.29) is 12.1 Å². The Kier molecular flexibility index (Phi) is 4.79. The van der Waals surface area contributed by atoms with Crippen LogP contribution in [0, 0.1) is 0 Å². The number of amides is 1. The van der Waals surface area contributed by atoms with Crippen LogP contribution in [0.15, 0.2) is 30.5 Å². The zero-order valence-corrected chi connectivity index (χ0v) is 15.4. The summed E-state index contributed by atoms with van der Waals surface area (Å²) in [5.41, 5.74) is 1.29. The molecule has 0 aliphatic carbocycles. The first-order valence-electron chi connectivity index (χ1n) is 8.76. The third-order valence-electron chi connectivity index (χ3n) is 4.32. The van der Waals surface area contributed by atoms with Crippen molar-refractivity contribution in [2.75, 3.05) is 25.0 Å². The highest BCUT2D eigenvalue weighted by Gasteiger charge is 2.33. The Bertz CT molecular complexity index is 756. The lowest BCUT2D eigenvalue weighted by molar-refractivity contribution is 0.0232. The van der Waals surface area contributed by atoms with Crippen molar-refractivity contribution in [2.45, 2.75) is 45.3 Å². The van der Waals surface area contributed by atoms with Gasteiger partial charge in [-0.15, -0.1) is 0 Å². The predicted molar refractivity (Wildman–Crippen MR) is 98.8 cm³/mol. The summed E-state index contributed by atoms with van der Waals surface area (Å²) >= 11 is 0. The summed E-state index contributed by atoms with van der Waals surface area (Å²) in [6, 6.07) is 7.96. The van der Waals surface area contributed by atoms with Crippen molar-refractivity contribution in [3.8, 4) is 0 Å². The van der Waals surface area contributed by atoms with Crippen molar-refractivity contribution in [1.82, 2.24) is 14.9 Å². The summed E-state index contributed by atoms with van der Waals surface area (Å²) in [6.45, 7) is 7.15. The molecule has 1 aromatic carbocycles. The van der Waals surface area contributed by atoms with E-state index >= 15 is 0 Å². The largest absolute Gasteiger partial charge is 0.444 e. The number of carbonyl (C=O) groups excluding carboxylic acids is 1. The molecule has 0 spiro atoms. The molecule has 0 N–H and O–H groups in total. The number of hydrogen-bond acceptors (Lipinski definition) is 5. The van der Waals surface area contributed by atoms with Gasteiger partial charge in [-0.3, -0.25) is 4.98 Å². The van der Waals surface area contributed by atoms with E-state index in [1.54, 1.807) is 6.20 Å². The molecule has 25 heavy (non-hydrogen) atoms. The van der Waals surface area contributed by atoms with Crippen LogP contribution in [0.4, 0.5) is 10.6 Å². The number of benzene rings is 1. The number of ether oxygens (including phenoxy) is 1. The molecular formula is C19H26N4O2. The zero-order chi connectivity index (χ0) is 18.0. The number of fused-ring (bicyclic) bond motifs is 1. The second-order valence-corrected chi connectivity index (χ2v) is 7.57. The van der Waals surface area contributed by atoms with E-state index in [9.17, 15) is 4.79 Å². The van der Waals surface area contributed by atoms with Crippen molar-refractivity contribution in [2.24, 2.45) is 0 Å². The molecule has 1 aliphatic rings. The van der Waals surface area contributed by atoms with E-state index in [0.29, 0.717) is 6.54 Å². The lowest BCUT2D eigenvalue weighted by Gasteiger charge is -2.31. The molecule has 0 bridgehead atoms. The van der Waals surface area contributed by atoms with Gasteiger partial charge in [0.2, 0.25) is 0 Å². The first-order chi connectivity index (χ1) is 11.8. The molecule has 1 atom stereocenters. The lowest BCUT2D eigenvalue weighted by Crippen LogP contribution is -2.44. The summed E-state index contributed by atoms with van der Waals surface area (Å²) in [6.07, 6.45) is 3.54. The Morgan fingerprint density at radius 2 is 2.04 bits per heavy atom. The molecule has 0 radical (unpaired) electrons. The molecule has 1 amide bonds. The molecular weight excluding hydrogens is 316 g/mol. The van der Waals surface area contributed by atoms with Crippen molar-refractivity contribution in [1.29, 1.82) is 0 Å². The topological polar surface area (TPSA) is 58.6 Å². The number of nitrogens with zero attached hydrogens (tertiary/aromatic N) is 4. The fourth-order valence-corrected chi connectivity index (χ4v) is 3.13. The van der Waals surface area contributed by atoms with Gasteiger partial charge in [0.05, 0.1) is 23.3 Å². The average molecular weight is 342 g/mol. The van der Waals surface area contributed by atoms with Gasteiger partial charge >= 0.3 is 6.09 Å². The zero-order valence-electron chi connectivity index (χ0n) is 15.4. The van der Waals surface area contributed by atoms with Crippen LogP contribution in [0.2, 0.25) is 0 Å². The van der Waals surface area contributed by atoms with E-state index in [1.807, 2.05) is 57.0 Å². The number of likely N-dealkylation sites (tertiary alicyclic amines) is 1. The number of hydrogen-bond donors (Lipinski definition) is 0. The van der Waals surface area contributed by atoms with Gasteiger partial charge in [0.25, 0.3) is 0 Å². The van der Waals surface area contributed by atoms with Gasteiger partial charge in [0.1, 0.15) is 11.4 Å². The Hall–Kier alpha value is -2.37. The molecule has 6 heteroatoms. The number of likely N-dealkylation sites (N-methyl/N-ethyl adjacent to an activating group) is 1. The van der Waals surface area contributed by atoms with Crippen LogP contribution >= 0.6 is 0 Å². The molecule has 1 aromatic heterocycles. The van der Waals surface area contributed by atoms with Crippen LogP contribution in [0.3, 0.4) is 0 Å². The van der Waals surface area contributed by atoms with Crippen LogP contribution in [0.5, 0.6) is 0 Å². The van der Waals surface area contributed by atoms with Crippen molar-refractivity contribution in [3.05, 3.63) is 30.5 Å². The van der Waals surface area contributed by atoms with Crippen molar-refractivity contribution < 1.29 is 9.53 Å². The number of para-hydroxylation sites is 2. The van der Waals surface area contributed by atoms with Crippen LogP contribution in [0.1, 0.15) is 33.6 Å². The first-order valence-corrected chi connectivity index (χ1v) is 8.76. The molecule has 134 valence electrons. The predicted octanol–water partition coefficient (Wildman–Crippen LogP) is 3.47. The summed E-state index contributed by atoms with van der Waals surface area (Å²) in [4.78, 5) is 25.5. The molecule has 0 unspecified atom stereocenters. The second-order valence-electron chi connectivity index (χ2n) is 7.57. The smallest absolute Gasteiger partial charge is 0.410 e. The maximum Gasteiger partial charge on any atom is 0.410 e. The van der Waals surface area contributed by atoms with Gasteiger partial charge in [-0.2, -0.15) is 0 Å². The molecule has 6 nitrogen and oxygen atoms in total. The Morgan fingerprint density at radius 1 is 1.32 bits per heavy atom. The highest BCUT2D eigenvalue weighted by molar-refractivity contribution is 5.75. The van der Waals surface area contributed by atoms with E-state index < -0.39 is 5.60 Å². The van der Waals surface area contributed by atoms with E-state index in [0.717, 1.165) is 36.2 Å². The maximum absolute atomic E-state index is 12.4. The quantitative estimate of drug-likeness (QED) is 0.855. The van der Waals surface area contributed by atoms with Gasteiger partial charge in [0.15, 0.2) is 0 Å². The SMILES string of the molecule is CN(C[C@@H]1CCCN1C(=O)OC(C)(C)C)c1cnc2ccccc2n1. The molecule has 2 aromatic rings. The molecule has 1 aliphatic heterocycles. The Balaban J connectivity index is 1.70. The standard InChI is InChI=1S/C19H26N4O2/c1-19(2,3)25-18(24)23-11-7-8-14(23)13-22(4)17-12-20-15-9-5-6-10-16(15)21-17/h5-6,9-10,12,14H,7-8,11,13H2,1-4H3/t14-/m0/s1. The first kappa shape index (κ1) is 17.5. The Morgan fingerprint density at radius 3 is 2.76 bits per heavy atom. The second kappa shape index (κ2) is 6.86. The highest BCUT2D eigenvalue weighted by Crippen LogP contribution is 2.23. The van der Waals surface area contributed by atoms with E-state index in [1.165, 1.54) is 0 Å². The highest BCUT2D eigenvalue weighted by atomic mass is 16.6. The fraction of sp³-hybridized carbons (Fsp3) is 0.526. The average Bonchev–Trinajstić information content (AvgIpc) is 3.01. The van der Waals surface area contributed by atoms with Gasteiger partial charge in [-0.05, 0) is 45.7 Å². The minimum absolute atomic E-state index is 0.133. The summed E-state index contributed by atoms with van der Waals surface area (Å²) in [5.74, 6) is 0.815. The molecule has 0 saturated carbocycles. The third kappa shape index (κ3) is 4.18.